The summed E-state index contributed by atoms with van der Waals surface area (Å²) in [5, 5.41) is 16.9. The maximum Gasteiger partial charge on any atom is 0.337 e. The second-order valence-corrected chi connectivity index (χ2v) is 6.63. The van der Waals surface area contributed by atoms with Crippen LogP contribution in [0.1, 0.15) is 29.6 Å². The lowest BCUT2D eigenvalue weighted by Crippen LogP contribution is -2.25. The van der Waals surface area contributed by atoms with Gasteiger partial charge < -0.3 is 5.11 Å². The summed E-state index contributed by atoms with van der Waals surface area (Å²) in [7, 11) is -3.97. The van der Waals surface area contributed by atoms with Crippen molar-refractivity contribution in [2.45, 2.75) is 24.2 Å². The zero-order chi connectivity index (χ0) is 16.0. The van der Waals surface area contributed by atoms with Crippen LogP contribution in [0.3, 0.4) is 0 Å². The molecule has 0 radical (unpaired) electrons. The molecule has 0 aromatic heterocycles. The van der Waals surface area contributed by atoms with Crippen molar-refractivity contribution in [1.82, 2.24) is 4.72 Å². The molecule has 0 spiro atoms. The van der Waals surface area contributed by atoms with E-state index in [9.17, 15) is 13.2 Å². The number of carboxylic acids is 1. The minimum atomic E-state index is -3.97. The van der Waals surface area contributed by atoms with Gasteiger partial charge in [0.15, 0.2) is 0 Å². The topological polar surface area (TPSA) is 107 Å². The molecule has 0 saturated carbocycles. The van der Waals surface area contributed by atoms with Crippen LogP contribution in [0, 0.1) is 11.3 Å². The zero-order valence-electron chi connectivity index (χ0n) is 10.8. The molecule has 0 fully saturated rings. The van der Waals surface area contributed by atoms with E-state index >= 15 is 0 Å². The fourth-order valence-electron chi connectivity index (χ4n) is 1.53. The molecule has 0 atom stereocenters. The maximum absolute atomic E-state index is 12.1. The van der Waals surface area contributed by atoms with Gasteiger partial charge in [0.05, 0.1) is 16.7 Å². The van der Waals surface area contributed by atoms with Crippen molar-refractivity contribution < 1.29 is 18.3 Å². The number of nitrogens with zero attached hydrogens (tertiary/aromatic N) is 1. The van der Waals surface area contributed by atoms with Gasteiger partial charge in [0, 0.05) is 18.0 Å². The predicted octanol–water partition coefficient (Wildman–Crippen LogP) is 2.66. The molecule has 6 nitrogen and oxygen atoms in total. The van der Waals surface area contributed by atoms with Crippen molar-refractivity contribution in [2.75, 3.05) is 6.54 Å². The Morgan fingerprint density at radius 3 is 2.57 bits per heavy atom. The van der Waals surface area contributed by atoms with E-state index in [2.05, 4.69) is 4.72 Å². The predicted molar refractivity (Wildman–Crippen MR) is 78.1 cm³/mol. The van der Waals surface area contributed by atoms with Crippen LogP contribution in [0.15, 0.2) is 17.0 Å². The number of aromatic carboxylic acids is 1. The molecule has 0 aliphatic rings. The van der Waals surface area contributed by atoms with Gasteiger partial charge in [0.25, 0.3) is 0 Å². The molecule has 0 unspecified atom stereocenters. The number of nitriles is 1. The summed E-state index contributed by atoms with van der Waals surface area (Å²) in [6.45, 7) is 0.120. The van der Waals surface area contributed by atoms with Crippen molar-refractivity contribution in [2.24, 2.45) is 0 Å². The average molecular weight is 351 g/mol. The number of sulfonamides is 1. The van der Waals surface area contributed by atoms with Gasteiger partial charge in [-0.1, -0.05) is 23.2 Å². The molecular formula is C12H12Cl2N2O4S. The number of unbranched alkanes of at least 4 members (excludes halogenated alkanes) is 2. The Morgan fingerprint density at radius 2 is 2.00 bits per heavy atom. The molecule has 1 aromatic rings. The van der Waals surface area contributed by atoms with Gasteiger partial charge in [-0.05, 0) is 25.0 Å². The van der Waals surface area contributed by atoms with Crippen molar-refractivity contribution in [3.8, 4) is 6.07 Å². The average Bonchev–Trinajstić information content (AvgIpc) is 2.40. The van der Waals surface area contributed by atoms with Crippen molar-refractivity contribution in [1.29, 1.82) is 5.26 Å². The molecule has 21 heavy (non-hydrogen) atoms. The van der Waals surface area contributed by atoms with Crippen LogP contribution in [0.2, 0.25) is 10.0 Å². The Kier molecular flexibility index (Phi) is 6.42. The number of carbonyl (C=O) groups is 1. The van der Waals surface area contributed by atoms with Gasteiger partial charge in [-0.3, -0.25) is 0 Å². The third-order valence-corrected chi connectivity index (χ3v) is 4.75. The Hall–Kier alpha value is -1.33. The van der Waals surface area contributed by atoms with E-state index in [-0.39, 0.29) is 22.0 Å². The molecule has 9 heteroatoms. The highest BCUT2D eigenvalue weighted by atomic mass is 35.5. The van der Waals surface area contributed by atoms with Crippen molar-refractivity contribution in [3.63, 3.8) is 0 Å². The van der Waals surface area contributed by atoms with Crippen LogP contribution in [0.25, 0.3) is 0 Å². The van der Waals surface area contributed by atoms with Crippen LogP contribution < -0.4 is 4.72 Å². The van der Waals surface area contributed by atoms with Gasteiger partial charge in [0.2, 0.25) is 10.0 Å². The van der Waals surface area contributed by atoms with E-state index in [4.69, 9.17) is 33.6 Å². The molecule has 0 heterocycles. The van der Waals surface area contributed by atoms with Crippen LogP contribution in [0.5, 0.6) is 0 Å². The maximum atomic E-state index is 12.1. The van der Waals surface area contributed by atoms with Gasteiger partial charge in [0.1, 0.15) is 4.90 Å². The minimum Gasteiger partial charge on any atom is -0.478 e. The Morgan fingerprint density at radius 1 is 1.33 bits per heavy atom. The molecule has 0 bridgehead atoms. The van der Waals surface area contributed by atoms with Crippen LogP contribution in [-0.2, 0) is 10.0 Å². The first-order chi connectivity index (χ1) is 9.79. The van der Waals surface area contributed by atoms with E-state index in [1.807, 2.05) is 6.07 Å². The van der Waals surface area contributed by atoms with Crippen LogP contribution in [-0.4, -0.2) is 26.0 Å². The number of halogens is 2. The zero-order valence-corrected chi connectivity index (χ0v) is 13.1. The van der Waals surface area contributed by atoms with E-state index in [0.717, 1.165) is 12.1 Å². The molecular weight excluding hydrogens is 339 g/mol. The lowest BCUT2D eigenvalue weighted by Gasteiger charge is -2.10. The van der Waals surface area contributed by atoms with Gasteiger partial charge >= 0.3 is 5.97 Å². The summed E-state index contributed by atoms with van der Waals surface area (Å²) in [6.07, 6.45) is 1.38. The van der Waals surface area contributed by atoms with Crippen molar-refractivity contribution in [3.05, 3.63) is 27.7 Å². The monoisotopic (exact) mass is 350 g/mol. The smallest absolute Gasteiger partial charge is 0.337 e. The first kappa shape index (κ1) is 17.7. The van der Waals surface area contributed by atoms with Gasteiger partial charge in [-0.15, -0.1) is 0 Å². The lowest BCUT2D eigenvalue weighted by atomic mass is 10.2. The third-order valence-electron chi connectivity index (χ3n) is 2.53. The second kappa shape index (κ2) is 7.61. The fourth-order valence-corrected chi connectivity index (χ4v) is 3.50. The van der Waals surface area contributed by atoms with Gasteiger partial charge in [-0.2, -0.15) is 5.26 Å². The molecule has 1 rings (SSSR count). The number of benzene rings is 1. The Bertz CT molecular complexity index is 683. The lowest BCUT2D eigenvalue weighted by molar-refractivity contribution is 0.0697. The largest absolute Gasteiger partial charge is 0.478 e. The highest BCUT2D eigenvalue weighted by Gasteiger charge is 2.23. The number of hydrogen-bond acceptors (Lipinski definition) is 4. The normalized spacial score (nSPS) is 11.1. The number of carboxylic acid groups (broad SMARTS) is 1. The molecule has 114 valence electrons. The van der Waals surface area contributed by atoms with E-state index in [0.29, 0.717) is 19.3 Å². The first-order valence-corrected chi connectivity index (χ1v) is 8.12. The number of hydrogen-bond donors (Lipinski definition) is 2. The molecule has 2 N–H and O–H groups in total. The van der Waals surface area contributed by atoms with E-state index in [1.54, 1.807) is 0 Å². The summed E-state index contributed by atoms with van der Waals surface area (Å²) >= 11 is 11.5. The molecule has 0 aliphatic carbocycles. The second-order valence-electron chi connectivity index (χ2n) is 4.08. The Labute approximate surface area is 132 Å². The summed E-state index contributed by atoms with van der Waals surface area (Å²) < 4.78 is 26.5. The number of rotatable bonds is 7. The summed E-state index contributed by atoms with van der Waals surface area (Å²) in [6, 6.07) is 4.13. The molecule has 0 saturated heterocycles. The number of nitrogens with one attached hydrogen (secondary N) is 1. The highest BCUT2D eigenvalue weighted by molar-refractivity contribution is 7.89. The molecule has 0 amide bonds. The third kappa shape index (κ3) is 4.86. The quantitative estimate of drug-likeness (QED) is 0.735. The van der Waals surface area contributed by atoms with Gasteiger partial charge in [-0.25, -0.2) is 17.9 Å². The summed E-state index contributed by atoms with van der Waals surface area (Å²) in [4.78, 5) is 10.6. The first-order valence-electron chi connectivity index (χ1n) is 5.88. The molecule has 1 aromatic carbocycles. The van der Waals surface area contributed by atoms with Crippen LogP contribution >= 0.6 is 23.2 Å². The van der Waals surface area contributed by atoms with E-state index < -0.39 is 21.0 Å². The van der Waals surface area contributed by atoms with E-state index in [1.165, 1.54) is 0 Å². The Balaban J connectivity index is 2.98. The summed E-state index contributed by atoms with van der Waals surface area (Å²) in [5.41, 5.74) is -0.381. The summed E-state index contributed by atoms with van der Waals surface area (Å²) in [5.74, 6) is -1.37. The van der Waals surface area contributed by atoms with Crippen LogP contribution in [0.4, 0.5) is 0 Å². The highest BCUT2D eigenvalue weighted by Crippen LogP contribution is 2.29. The van der Waals surface area contributed by atoms with Crippen molar-refractivity contribution >= 4 is 39.2 Å². The fraction of sp³-hybridized carbons (Fsp3) is 0.333. The molecule has 0 aliphatic heterocycles. The minimum absolute atomic E-state index is 0.0401. The SMILES string of the molecule is N#CCCCCNS(=O)(=O)c1cc(Cl)cc(C(=O)O)c1Cl. The standard InChI is InChI=1S/C12H12Cl2N2O4S/c13-8-6-9(12(17)18)11(14)10(7-8)21(19,20)16-5-3-1-2-4-15/h6-7,16H,1-3,5H2,(H,17,18).